The Hall–Kier alpha value is -1.68. The predicted molar refractivity (Wildman–Crippen MR) is 77.0 cm³/mol. The third kappa shape index (κ3) is 3.64. The molecule has 2 N–H and O–H groups in total. The number of ether oxygens (including phenoxy) is 2. The average molecular weight is 262 g/mol. The lowest BCUT2D eigenvalue weighted by atomic mass is 10.2. The van der Waals surface area contributed by atoms with Crippen LogP contribution in [0.1, 0.15) is 19.4 Å². The van der Waals surface area contributed by atoms with Crippen molar-refractivity contribution >= 4 is 5.69 Å². The van der Waals surface area contributed by atoms with Gasteiger partial charge in [0.15, 0.2) is 0 Å². The normalized spacial score (nSPS) is 18.6. The van der Waals surface area contributed by atoms with E-state index in [0.717, 1.165) is 24.4 Å². The summed E-state index contributed by atoms with van der Waals surface area (Å²) in [6.45, 7) is 8.82. The van der Waals surface area contributed by atoms with E-state index in [1.165, 1.54) is 0 Å². The van der Waals surface area contributed by atoms with Crippen LogP contribution in [-0.2, 0) is 4.74 Å². The van der Waals surface area contributed by atoms with Gasteiger partial charge < -0.3 is 15.2 Å². The molecule has 1 aliphatic heterocycles. The van der Waals surface area contributed by atoms with Gasteiger partial charge in [-0.15, -0.1) is 0 Å². The molecule has 1 heterocycles. The van der Waals surface area contributed by atoms with Gasteiger partial charge in [0.2, 0.25) is 0 Å². The summed E-state index contributed by atoms with van der Waals surface area (Å²) in [5.41, 5.74) is 7.63. The van der Waals surface area contributed by atoms with E-state index in [4.69, 9.17) is 15.2 Å². The highest BCUT2D eigenvalue weighted by atomic mass is 16.5. The molecule has 0 unspecified atom stereocenters. The quantitative estimate of drug-likeness (QED) is 0.671. The second-order valence-electron chi connectivity index (χ2n) is 5.16. The molecule has 4 heteroatoms. The highest BCUT2D eigenvalue weighted by Crippen LogP contribution is 2.23. The van der Waals surface area contributed by atoms with Crippen molar-refractivity contribution in [2.75, 3.05) is 25.4 Å². The number of benzene rings is 1. The molecule has 4 nitrogen and oxygen atoms in total. The summed E-state index contributed by atoms with van der Waals surface area (Å²) >= 11 is 0. The van der Waals surface area contributed by atoms with Crippen molar-refractivity contribution in [2.24, 2.45) is 0 Å². The van der Waals surface area contributed by atoms with Crippen LogP contribution in [0.5, 0.6) is 5.75 Å². The summed E-state index contributed by atoms with van der Waals surface area (Å²) in [6, 6.07) is 6.25. The number of hydrogen-bond acceptors (Lipinski definition) is 4. The van der Waals surface area contributed by atoms with E-state index >= 15 is 0 Å². The maximum atomic E-state index is 5.88. The Morgan fingerprint density at radius 3 is 2.95 bits per heavy atom. The molecule has 0 radical (unpaired) electrons. The second-order valence-corrected chi connectivity index (χ2v) is 5.16. The van der Waals surface area contributed by atoms with E-state index < -0.39 is 0 Å². The fraction of sp³-hybridized carbons (Fsp3) is 0.467. The van der Waals surface area contributed by atoms with Crippen molar-refractivity contribution in [3.8, 4) is 5.75 Å². The number of morpholine rings is 1. The first kappa shape index (κ1) is 13.7. The lowest BCUT2D eigenvalue weighted by Gasteiger charge is -2.31. The number of nitrogens with two attached hydrogens (primary N) is 1. The van der Waals surface area contributed by atoms with Gasteiger partial charge in [-0.05, 0) is 38.5 Å². The Kier molecular flexibility index (Phi) is 4.32. The van der Waals surface area contributed by atoms with E-state index in [-0.39, 0.29) is 0 Å². The van der Waals surface area contributed by atoms with Crippen LogP contribution >= 0.6 is 0 Å². The van der Waals surface area contributed by atoms with E-state index in [2.05, 4.69) is 18.7 Å². The molecular weight excluding hydrogens is 240 g/mol. The van der Waals surface area contributed by atoms with Crippen LogP contribution in [0.3, 0.4) is 0 Å². The summed E-state index contributed by atoms with van der Waals surface area (Å²) < 4.78 is 11.3. The molecule has 19 heavy (non-hydrogen) atoms. The van der Waals surface area contributed by atoms with Gasteiger partial charge in [-0.3, -0.25) is 4.90 Å². The second kappa shape index (κ2) is 5.97. The van der Waals surface area contributed by atoms with Crippen molar-refractivity contribution in [2.45, 2.75) is 26.8 Å². The fourth-order valence-corrected chi connectivity index (χ4v) is 2.00. The summed E-state index contributed by atoms with van der Waals surface area (Å²) in [5, 5.41) is 0. The third-order valence-corrected chi connectivity index (χ3v) is 3.24. The topological polar surface area (TPSA) is 47.7 Å². The van der Waals surface area contributed by atoms with E-state index in [0.29, 0.717) is 24.1 Å². The molecule has 0 amide bonds. The van der Waals surface area contributed by atoms with Crippen LogP contribution in [0.15, 0.2) is 30.2 Å². The molecule has 1 aromatic carbocycles. The van der Waals surface area contributed by atoms with Gasteiger partial charge >= 0.3 is 0 Å². The molecule has 1 aliphatic rings. The first-order valence-electron chi connectivity index (χ1n) is 6.65. The Labute approximate surface area is 114 Å². The molecule has 1 fully saturated rings. The van der Waals surface area contributed by atoms with Gasteiger partial charge in [0, 0.05) is 12.6 Å². The standard InChI is InChI=1S/C15H22N2O2/c1-11(2)17-6-7-18-13(9-17)10-19-15-8-12(3)4-5-14(15)16/h4-5,8,10-11H,6-7,9,16H2,1-3H3/b13-10-. The minimum atomic E-state index is 0.510. The van der Waals surface area contributed by atoms with E-state index in [1.54, 1.807) is 6.26 Å². The van der Waals surface area contributed by atoms with Crippen molar-refractivity contribution in [3.05, 3.63) is 35.8 Å². The number of hydrogen-bond donors (Lipinski definition) is 1. The van der Waals surface area contributed by atoms with Gasteiger partial charge in [-0.2, -0.15) is 0 Å². The zero-order valence-corrected chi connectivity index (χ0v) is 11.8. The molecule has 0 saturated carbocycles. The van der Waals surface area contributed by atoms with Crippen LogP contribution in [0, 0.1) is 6.92 Å². The number of nitrogen functional groups attached to an aromatic ring is 1. The SMILES string of the molecule is Cc1ccc(N)c(O/C=C2/CN(C(C)C)CCO2)c1. The summed E-state index contributed by atoms with van der Waals surface area (Å²) in [6.07, 6.45) is 1.67. The molecule has 104 valence electrons. The van der Waals surface area contributed by atoms with Gasteiger partial charge in [0.1, 0.15) is 24.4 Å². The van der Waals surface area contributed by atoms with Crippen LogP contribution in [-0.4, -0.2) is 30.6 Å². The Bertz CT molecular complexity index is 469. The average Bonchev–Trinajstić information content (AvgIpc) is 2.40. The Morgan fingerprint density at radius 1 is 1.42 bits per heavy atom. The Morgan fingerprint density at radius 2 is 2.21 bits per heavy atom. The molecule has 1 aromatic rings. The van der Waals surface area contributed by atoms with Crippen molar-refractivity contribution in [1.82, 2.24) is 4.90 Å². The smallest absolute Gasteiger partial charge is 0.149 e. The van der Waals surface area contributed by atoms with Gasteiger partial charge in [-0.25, -0.2) is 0 Å². The number of aryl methyl sites for hydroxylation is 1. The lowest BCUT2D eigenvalue weighted by molar-refractivity contribution is 0.0710. The van der Waals surface area contributed by atoms with Crippen molar-refractivity contribution in [3.63, 3.8) is 0 Å². The first-order valence-corrected chi connectivity index (χ1v) is 6.65. The molecule has 0 aliphatic carbocycles. The number of anilines is 1. The lowest BCUT2D eigenvalue weighted by Crippen LogP contribution is -2.39. The van der Waals surface area contributed by atoms with Gasteiger partial charge in [0.25, 0.3) is 0 Å². The molecule has 0 spiro atoms. The third-order valence-electron chi connectivity index (χ3n) is 3.24. The van der Waals surface area contributed by atoms with E-state index in [1.807, 2.05) is 25.1 Å². The van der Waals surface area contributed by atoms with Crippen LogP contribution in [0.4, 0.5) is 5.69 Å². The zero-order chi connectivity index (χ0) is 13.8. The van der Waals surface area contributed by atoms with Gasteiger partial charge in [-0.1, -0.05) is 6.07 Å². The Balaban J connectivity index is 2.03. The summed E-state index contributed by atoms with van der Waals surface area (Å²) in [4.78, 5) is 2.35. The van der Waals surface area contributed by atoms with Crippen molar-refractivity contribution < 1.29 is 9.47 Å². The number of rotatable bonds is 3. The minimum Gasteiger partial charge on any atom is -0.492 e. The molecule has 0 bridgehead atoms. The molecule has 2 rings (SSSR count). The molecule has 1 saturated heterocycles. The van der Waals surface area contributed by atoms with Crippen LogP contribution in [0.25, 0.3) is 0 Å². The maximum absolute atomic E-state index is 5.88. The molecule has 0 aromatic heterocycles. The molecular formula is C15H22N2O2. The highest BCUT2D eigenvalue weighted by molar-refractivity contribution is 5.54. The predicted octanol–water partition coefficient (Wildman–Crippen LogP) is 2.54. The van der Waals surface area contributed by atoms with Gasteiger partial charge in [0.05, 0.1) is 12.2 Å². The summed E-state index contributed by atoms with van der Waals surface area (Å²) in [7, 11) is 0. The fourth-order valence-electron chi connectivity index (χ4n) is 2.00. The first-order chi connectivity index (χ1) is 9.06. The van der Waals surface area contributed by atoms with Crippen LogP contribution < -0.4 is 10.5 Å². The maximum Gasteiger partial charge on any atom is 0.149 e. The number of nitrogens with zero attached hydrogens (tertiary/aromatic N) is 1. The zero-order valence-electron chi connectivity index (χ0n) is 11.8. The minimum absolute atomic E-state index is 0.510. The monoisotopic (exact) mass is 262 g/mol. The largest absolute Gasteiger partial charge is 0.492 e. The molecule has 0 atom stereocenters. The van der Waals surface area contributed by atoms with Crippen LogP contribution in [0.2, 0.25) is 0 Å². The summed E-state index contributed by atoms with van der Waals surface area (Å²) in [5.74, 6) is 1.53. The van der Waals surface area contributed by atoms with Crippen molar-refractivity contribution in [1.29, 1.82) is 0 Å². The van der Waals surface area contributed by atoms with E-state index in [9.17, 15) is 0 Å². The highest BCUT2D eigenvalue weighted by Gasteiger charge is 2.18.